The largest absolute Gasteiger partial charge is 0.340 e. The van der Waals surface area contributed by atoms with Gasteiger partial charge in [-0.15, -0.1) is 5.10 Å². The maximum absolute atomic E-state index is 4.88. The highest BCUT2D eigenvalue weighted by Gasteiger charge is 2.15. The molecule has 5 rings (SSSR count). The van der Waals surface area contributed by atoms with Gasteiger partial charge in [-0.1, -0.05) is 65.4 Å². The summed E-state index contributed by atoms with van der Waals surface area (Å²) in [6, 6.07) is 26.4. The van der Waals surface area contributed by atoms with Crippen LogP contribution in [0.2, 0.25) is 0 Å². The lowest BCUT2D eigenvalue weighted by Gasteiger charge is -2.10. The monoisotopic (exact) mass is 351 g/mol. The van der Waals surface area contributed by atoms with E-state index in [2.05, 4.69) is 46.8 Å². The summed E-state index contributed by atoms with van der Waals surface area (Å²) in [5.74, 6) is 0.793. The Labute approximate surface area is 156 Å². The molecule has 130 valence electrons. The van der Waals surface area contributed by atoms with E-state index in [1.54, 1.807) is 4.52 Å². The minimum atomic E-state index is 0.731. The van der Waals surface area contributed by atoms with Crippen molar-refractivity contribution in [1.82, 2.24) is 19.8 Å². The lowest BCUT2D eigenvalue weighted by molar-refractivity contribution is 0.877. The molecule has 0 spiro atoms. The molecule has 0 aliphatic carbocycles. The maximum Gasteiger partial charge on any atom is 0.186 e. The van der Waals surface area contributed by atoms with Crippen molar-refractivity contribution in [2.45, 2.75) is 6.92 Å². The molecule has 0 saturated heterocycles. The summed E-state index contributed by atoms with van der Waals surface area (Å²) >= 11 is 0. The second-order valence-corrected chi connectivity index (χ2v) is 6.51. The number of anilines is 2. The Morgan fingerprint density at radius 3 is 2.37 bits per heavy atom. The van der Waals surface area contributed by atoms with Crippen molar-refractivity contribution in [1.29, 1.82) is 0 Å². The molecule has 0 radical (unpaired) electrons. The van der Waals surface area contributed by atoms with Crippen LogP contribution >= 0.6 is 0 Å². The number of nitrogens with one attached hydrogen (secondary N) is 1. The van der Waals surface area contributed by atoms with Crippen LogP contribution in [0, 0.1) is 6.92 Å². The van der Waals surface area contributed by atoms with E-state index in [0.717, 1.165) is 39.3 Å². The van der Waals surface area contributed by atoms with Crippen LogP contribution in [0.3, 0.4) is 0 Å². The first-order valence-corrected chi connectivity index (χ1v) is 8.83. The Kier molecular flexibility index (Phi) is 3.57. The zero-order valence-electron chi connectivity index (χ0n) is 14.8. The van der Waals surface area contributed by atoms with Crippen molar-refractivity contribution in [3.8, 4) is 11.3 Å². The molecule has 27 heavy (non-hydrogen) atoms. The summed E-state index contributed by atoms with van der Waals surface area (Å²) in [6.45, 7) is 2.08. The lowest BCUT2D eigenvalue weighted by Crippen LogP contribution is -2.00. The second-order valence-electron chi connectivity index (χ2n) is 6.51. The van der Waals surface area contributed by atoms with Crippen LogP contribution in [-0.4, -0.2) is 19.8 Å². The van der Waals surface area contributed by atoms with Crippen molar-refractivity contribution in [3.05, 3.63) is 84.4 Å². The number of hydrogen-bond donors (Lipinski definition) is 1. The van der Waals surface area contributed by atoms with E-state index in [1.165, 1.54) is 5.56 Å². The van der Waals surface area contributed by atoms with Gasteiger partial charge >= 0.3 is 0 Å². The summed E-state index contributed by atoms with van der Waals surface area (Å²) in [6.07, 6.45) is 0. The van der Waals surface area contributed by atoms with Crippen LogP contribution < -0.4 is 5.32 Å². The molecule has 0 fully saturated rings. The van der Waals surface area contributed by atoms with Gasteiger partial charge in [-0.25, -0.2) is 4.98 Å². The average Bonchev–Trinajstić information content (AvgIpc) is 3.14. The van der Waals surface area contributed by atoms with Gasteiger partial charge in [0.15, 0.2) is 5.65 Å². The number of aromatic nitrogens is 4. The number of nitrogens with zero attached hydrogens (tertiary/aromatic N) is 4. The van der Waals surface area contributed by atoms with E-state index >= 15 is 0 Å². The summed E-state index contributed by atoms with van der Waals surface area (Å²) in [7, 11) is 0. The van der Waals surface area contributed by atoms with Crippen LogP contribution in [0.5, 0.6) is 0 Å². The number of benzene rings is 3. The van der Waals surface area contributed by atoms with Gasteiger partial charge < -0.3 is 5.32 Å². The molecule has 0 amide bonds. The van der Waals surface area contributed by atoms with Crippen molar-refractivity contribution in [2.24, 2.45) is 0 Å². The molecule has 0 saturated carbocycles. The predicted octanol–water partition coefficient (Wildman–Crippen LogP) is 5.00. The van der Waals surface area contributed by atoms with Crippen LogP contribution in [0.15, 0.2) is 78.9 Å². The molecule has 5 heteroatoms. The smallest absolute Gasteiger partial charge is 0.186 e. The van der Waals surface area contributed by atoms with E-state index in [9.17, 15) is 0 Å². The first-order valence-electron chi connectivity index (χ1n) is 8.83. The zero-order valence-corrected chi connectivity index (χ0v) is 14.8. The van der Waals surface area contributed by atoms with Gasteiger partial charge in [-0.2, -0.15) is 4.52 Å². The Hall–Kier alpha value is -3.73. The van der Waals surface area contributed by atoms with Crippen LogP contribution in [0.1, 0.15) is 5.56 Å². The summed E-state index contributed by atoms with van der Waals surface area (Å²) in [5, 5.41) is 13.2. The second kappa shape index (κ2) is 6.21. The summed E-state index contributed by atoms with van der Waals surface area (Å²) in [5.41, 5.74) is 5.68. The van der Waals surface area contributed by atoms with E-state index in [4.69, 9.17) is 4.98 Å². The molecular formula is C22H17N5. The molecule has 2 heterocycles. The minimum absolute atomic E-state index is 0.731. The lowest BCUT2D eigenvalue weighted by atomic mass is 10.1. The van der Waals surface area contributed by atoms with E-state index in [1.807, 2.05) is 54.6 Å². The average molecular weight is 351 g/mol. The normalized spacial score (nSPS) is 11.1. The summed E-state index contributed by atoms with van der Waals surface area (Å²) < 4.78 is 1.80. The Morgan fingerprint density at radius 1 is 0.815 bits per heavy atom. The fraction of sp³-hybridized carbons (Fsp3) is 0.0455. The molecule has 3 aromatic carbocycles. The van der Waals surface area contributed by atoms with Gasteiger partial charge in [0, 0.05) is 16.6 Å². The number of aryl methyl sites for hydroxylation is 1. The third-order valence-corrected chi connectivity index (χ3v) is 4.61. The fourth-order valence-corrected chi connectivity index (χ4v) is 3.22. The minimum Gasteiger partial charge on any atom is -0.340 e. The van der Waals surface area contributed by atoms with Gasteiger partial charge in [0.25, 0.3) is 0 Å². The Morgan fingerprint density at radius 2 is 1.56 bits per heavy atom. The molecule has 0 unspecified atom stereocenters. The van der Waals surface area contributed by atoms with Crippen molar-refractivity contribution >= 4 is 28.1 Å². The third kappa shape index (κ3) is 2.69. The first-order chi connectivity index (χ1) is 13.3. The number of fused-ring (bicyclic) bond motifs is 3. The predicted molar refractivity (Wildman–Crippen MR) is 108 cm³/mol. The Balaban J connectivity index is 1.74. The highest BCUT2D eigenvalue weighted by molar-refractivity contribution is 5.94. The molecule has 0 aliphatic rings. The van der Waals surface area contributed by atoms with Crippen molar-refractivity contribution in [2.75, 3.05) is 5.32 Å². The standard InChI is InChI=1S/C22H17N5/c1-15-11-13-17(14-12-15)23-21-18-9-5-6-10-19(18)27-22(24-21)20(25-26-27)16-7-3-2-4-8-16/h2-14H,1H3,(H,23,24). The number of rotatable bonds is 3. The van der Waals surface area contributed by atoms with Gasteiger partial charge in [-0.3, -0.25) is 0 Å². The molecule has 1 N–H and O–H groups in total. The van der Waals surface area contributed by atoms with Crippen molar-refractivity contribution < 1.29 is 0 Å². The van der Waals surface area contributed by atoms with Gasteiger partial charge in [0.1, 0.15) is 11.5 Å². The third-order valence-electron chi connectivity index (χ3n) is 4.61. The maximum atomic E-state index is 4.88. The molecule has 0 atom stereocenters. The SMILES string of the molecule is Cc1ccc(Nc2nc3c(-c4ccccc4)nnn3c3ccccc23)cc1. The topological polar surface area (TPSA) is 55.1 Å². The van der Waals surface area contributed by atoms with E-state index in [0.29, 0.717) is 0 Å². The molecule has 5 aromatic rings. The molecule has 5 nitrogen and oxygen atoms in total. The first kappa shape index (κ1) is 15.5. The van der Waals surface area contributed by atoms with Crippen LogP contribution in [0.4, 0.5) is 11.5 Å². The van der Waals surface area contributed by atoms with Crippen LogP contribution in [0.25, 0.3) is 27.8 Å². The number of para-hydroxylation sites is 1. The summed E-state index contributed by atoms with van der Waals surface area (Å²) in [4.78, 5) is 4.88. The number of hydrogen-bond acceptors (Lipinski definition) is 4. The molecule has 2 aromatic heterocycles. The highest BCUT2D eigenvalue weighted by Crippen LogP contribution is 2.29. The molecule has 0 aliphatic heterocycles. The van der Waals surface area contributed by atoms with Gasteiger partial charge in [0.05, 0.1) is 5.52 Å². The quantitative estimate of drug-likeness (QED) is 0.497. The Bertz CT molecular complexity index is 1240. The fourth-order valence-electron chi connectivity index (χ4n) is 3.22. The highest BCUT2D eigenvalue weighted by atomic mass is 15.4. The van der Waals surface area contributed by atoms with E-state index in [-0.39, 0.29) is 0 Å². The van der Waals surface area contributed by atoms with Gasteiger partial charge in [0.2, 0.25) is 0 Å². The van der Waals surface area contributed by atoms with Gasteiger partial charge in [-0.05, 0) is 31.2 Å². The zero-order chi connectivity index (χ0) is 18.2. The molecular weight excluding hydrogens is 334 g/mol. The van der Waals surface area contributed by atoms with Crippen LogP contribution in [-0.2, 0) is 0 Å². The van der Waals surface area contributed by atoms with E-state index < -0.39 is 0 Å². The van der Waals surface area contributed by atoms with Crippen molar-refractivity contribution in [3.63, 3.8) is 0 Å². The molecule has 0 bridgehead atoms.